The van der Waals surface area contributed by atoms with Gasteiger partial charge in [0.2, 0.25) is 0 Å². The van der Waals surface area contributed by atoms with E-state index in [2.05, 4.69) is 62.5 Å². The van der Waals surface area contributed by atoms with E-state index >= 15 is 0 Å². The fraction of sp³-hybridized carbons (Fsp3) is 0.821. The molecule has 0 radical (unpaired) electrons. The van der Waals surface area contributed by atoms with Crippen molar-refractivity contribution in [2.24, 2.45) is 0 Å². The molecule has 15 nitrogen and oxygen atoms in total. The molecule has 0 aromatic heterocycles. The lowest BCUT2D eigenvalue weighted by atomic mass is 9.98. The first-order chi connectivity index (χ1) is 34.5. The second-order valence-corrected chi connectivity index (χ2v) is 19.4. The molecule has 2 aliphatic heterocycles. The number of aliphatic hydroxyl groups excluding tert-OH is 7. The van der Waals surface area contributed by atoms with E-state index in [0.717, 1.165) is 77.0 Å². The van der Waals surface area contributed by atoms with Crippen LogP contribution in [0.4, 0.5) is 0 Å². The standard InChI is InChI=1S/C56H98O15/c1-3-5-7-9-11-13-15-17-18-19-20-21-22-23-24-25-26-27-29-31-33-35-37-39-48(59)69-44(41-66-47(58)38-36-34-32-30-28-16-14-12-10-8-6-4-2)42-67-55-54(65)52(63)50(61)46(71-55)43-68-56-53(64)51(62)49(60)45(40-57)70-56/h5,7,11,13,17-18,20-21,44-46,49-57,60-65H,3-4,6,8-10,12,14-16,19,22-43H2,1-2H3/b7-5-,13-11-,18-17-,21-20-. The Labute approximate surface area is 427 Å². The molecule has 2 saturated heterocycles. The molecule has 0 bridgehead atoms. The van der Waals surface area contributed by atoms with Gasteiger partial charge in [-0.25, -0.2) is 0 Å². The van der Waals surface area contributed by atoms with Gasteiger partial charge in [0.15, 0.2) is 18.7 Å². The van der Waals surface area contributed by atoms with Gasteiger partial charge in [-0.2, -0.15) is 0 Å². The van der Waals surface area contributed by atoms with Crippen molar-refractivity contribution in [1.82, 2.24) is 0 Å². The van der Waals surface area contributed by atoms with Gasteiger partial charge in [0, 0.05) is 12.8 Å². The van der Waals surface area contributed by atoms with E-state index in [1.807, 2.05) is 0 Å². The van der Waals surface area contributed by atoms with E-state index in [4.69, 9.17) is 28.4 Å². The summed E-state index contributed by atoms with van der Waals surface area (Å²) in [6.45, 7) is 2.48. The summed E-state index contributed by atoms with van der Waals surface area (Å²) < 4.78 is 33.6. The number of allylic oxidation sites excluding steroid dienone is 8. The van der Waals surface area contributed by atoms with E-state index in [1.54, 1.807) is 0 Å². The fourth-order valence-corrected chi connectivity index (χ4v) is 8.56. The highest BCUT2D eigenvalue weighted by Crippen LogP contribution is 2.27. The van der Waals surface area contributed by atoms with Gasteiger partial charge in [-0.15, -0.1) is 0 Å². The average molecular weight is 1010 g/mol. The maximum Gasteiger partial charge on any atom is 0.306 e. The monoisotopic (exact) mass is 1010 g/mol. The minimum Gasteiger partial charge on any atom is -0.462 e. The van der Waals surface area contributed by atoms with Gasteiger partial charge in [-0.05, 0) is 51.4 Å². The van der Waals surface area contributed by atoms with Crippen LogP contribution in [-0.2, 0) is 38.0 Å². The van der Waals surface area contributed by atoms with Gasteiger partial charge in [-0.3, -0.25) is 9.59 Å². The Hall–Kier alpha value is -2.54. The molecular formula is C56H98O15. The summed E-state index contributed by atoms with van der Waals surface area (Å²) in [5.41, 5.74) is 0. The first-order valence-corrected chi connectivity index (χ1v) is 27.7. The molecule has 0 aromatic rings. The number of hydrogen-bond acceptors (Lipinski definition) is 15. The lowest BCUT2D eigenvalue weighted by Crippen LogP contribution is -2.61. The Balaban J connectivity index is 1.75. The number of rotatable bonds is 43. The molecule has 15 heteroatoms. The van der Waals surface area contributed by atoms with Crippen LogP contribution in [0.25, 0.3) is 0 Å². The number of ether oxygens (including phenoxy) is 6. The zero-order chi connectivity index (χ0) is 51.7. The third-order valence-corrected chi connectivity index (χ3v) is 13.1. The van der Waals surface area contributed by atoms with Crippen LogP contribution in [0.2, 0.25) is 0 Å². The molecule has 71 heavy (non-hydrogen) atoms. The van der Waals surface area contributed by atoms with Crippen LogP contribution in [0.15, 0.2) is 48.6 Å². The second kappa shape index (κ2) is 42.8. The van der Waals surface area contributed by atoms with Crippen LogP contribution in [-0.4, -0.2) is 142 Å². The summed E-state index contributed by atoms with van der Waals surface area (Å²) >= 11 is 0. The predicted molar refractivity (Wildman–Crippen MR) is 275 cm³/mol. The normalized spacial score (nSPS) is 25.5. The molecule has 2 aliphatic rings. The molecule has 412 valence electrons. The SMILES string of the molecule is CC/C=C\C/C=C\C/C=C\C/C=C\CCCCCCCCCCCCC(=O)OC(COC(=O)CCCCCCCCCCCCCC)COC1OC(COC2OC(CO)C(O)C(O)C2O)C(O)C(O)C1O. The first kappa shape index (κ1) is 64.6. The van der Waals surface area contributed by atoms with Crippen molar-refractivity contribution in [3.63, 3.8) is 0 Å². The minimum absolute atomic E-state index is 0.160. The van der Waals surface area contributed by atoms with Gasteiger partial charge in [0.05, 0.1) is 19.8 Å². The summed E-state index contributed by atoms with van der Waals surface area (Å²) in [6.07, 6.45) is 31.3. The second-order valence-electron chi connectivity index (χ2n) is 19.4. The lowest BCUT2D eigenvalue weighted by molar-refractivity contribution is -0.332. The number of unbranched alkanes of at least 4 members (excludes halogenated alkanes) is 21. The molecule has 11 atom stereocenters. The molecule has 0 spiro atoms. The fourth-order valence-electron chi connectivity index (χ4n) is 8.56. The number of carbonyl (C=O) groups excluding carboxylic acids is 2. The van der Waals surface area contributed by atoms with Gasteiger partial charge in [0.1, 0.15) is 55.4 Å². The zero-order valence-electron chi connectivity index (χ0n) is 43.7. The van der Waals surface area contributed by atoms with Gasteiger partial charge in [0.25, 0.3) is 0 Å². The van der Waals surface area contributed by atoms with E-state index < -0.39 is 92.7 Å². The molecule has 11 unspecified atom stereocenters. The minimum atomic E-state index is -1.77. The van der Waals surface area contributed by atoms with Crippen LogP contribution < -0.4 is 0 Å². The van der Waals surface area contributed by atoms with Crippen molar-refractivity contribution < 1.29 is 73.8 Å². The smallest absolute Gasteiger partial charge is 0.306 e. The number of esters is 2. The summed E-state index contributed by atoms with van der Waals surface area (Å²) in [5, 5.41) is 72.2. The topological polar surface area (TPSA) is 231 Å². The van der Waals surface area contributed by atoms with Crippen LogP contribution in [0.1, 0.15) is 200 Å². The van der Waals surface area contributed by atoms with Crippen LogP contribution in [0.5, 0.6) is 0 Å². The summed E-state index contributed by atoms with van der Waals surface area (Å²) in [7, 11) is 0. The first-order valence-electron chi connectivity index (χ1n) is 27.7. The summed E-state index contributed by atoms with van der Waals surface area (Å²) in [6, 6.07) is 0. The van der Waals surface area contributed by atoms with Crippen LogP contribution >= 0.6 is 0 Å². The van der Waals surface area contributed by atoms with Gasteiger partial charge >= 0.3 is 11.9 Å². The van der Waals surface area contributed by atoms with Gasteiger partial charge in [-0.1, -0.05) is 184 Å². The molecule has 2 fully saturated rings. The number of aliphatic hydroxyl groups is 7. The Kier molecular flexibility index (Phi) is 38.9. The molecule has 0 aliphatic carbocycles. The third-order valence-electron chi connectivity index (χ3n) is 13.1. The Morgan fingerprint density at radius 2 is 0.887 bits per heavy atom. The number of hydrogen-bond donors (Lipinski definition) is 7. The molecule has 0 saturated carbocycles. The highest BCUT2D eigenvalue weighted by molar-refractivity contribution is 5.70. The Morgan fingerprint density at radius 3 is 1.39 bits per heavy atom. The van der Waals surface area contributed by atoms with Crippen molar-refractivity contribution in [2.45, 2.75) is 268 Å². The molecule has 7 N–H and O–H groups in total. The number of carbonyl (C=O) groups is 2. The molecule has 0 amide bonds. The van der Waals surface area contributed by atoms with Crippen LogP contribution in [0.3, 0.4) is 0 Å². The van der Waals surface area contributed by atoms with E-state index in [1.165, 1.54) is 83.5 Å². The maximum absolute atomic E-state index is 13.0. The van der Waals surface area contributed by atoms with Crippen molar-refractivity contribution in [3.05, 3.63) is 48.6 Å². The van der Waals surface area contributed by atoms with Crippen LogP contribution in [0, 0.1) is 0 Å². The molecule has 0 aromatic carbocycles. The van der Waals surface area contributed by atoms with E-state index in [0.29, 0.717) is 12.8 Å². The van der Waals surface area contributed by atoms with Crippen molar-refractivity contribution in [3.8, 4) is 0 Å². The molecule has 2 heterocycles. The zero-order valence-corrected chi connectivity index (χ0v) is 43.7. The van der Waals surface area contributed by atoms with Crippen molar-refractivity contribution in [1.29, 1.82) is 0 Å². The Morgan fingerprint density at radius 1 is 0.465 bits per heavy atom. The molecular weight excluding hydrogens is 913 g/mol. The van der Waals surface area contributed by atoms with Gasteiger partial charge < -0.3 is 64.2 Å². The largest absolute Gasteiger partial charge is 0.462 e. The third kappa shape index (κ3) is 30.4. The highest BCUT2D eigenvalue weighted by Gasteiger charge is 2.47. The Bertz CT molecular complexity index is 1420. The van der Waals surface area contributed by atoms with E-state index in [9.17, 15) is 45.3 Å². The summed E-state index contributed by atoms with van der Waals surface area (Å²) in [4.78, 5) is 25.8. The average Bonchev–Trinajstić information content (AvgIpc) is 3.36. The maximum atomic E-state index is 13.0. The predicted octanol–water partition coefficient (Wildman–Crippen LogP) is 8.66. The highest BCUT2D eigenvalue weighted by atomic mass is 16.7. The molecule has 2 rings (SSSR count). The van der Waals surface area contributed by atoms with E-state index in [-0.39, 0.29) is 26.1 Å². The van der Waals surface area contributed by atoms with Crippen molar-refractivity contribution in [2.75, 3.05) is 26.4 Å². The van der Waals surface area contributed by atoms with Crippen molar-refractivity contribution >= 4 is 11.9 Å². The lowest BCUT2D eigenvalue weighted by Gasteiger charge is -2.42. The summed E-state index contributed by atoms with van der Waals surface area (Å²) in [5.74, 6) is -0.926. The quantitative estimate of drug-likeness (QED) is 0.0172.